The highest BCUT2D eigenvalue weighted by Gasteiger charge is 2.20. The molecule has 2 heterocycles. The number of nitro benzene ring substituents is 1. The standard InChI is InChI=1S/C18H21N3O5S/c1-12(26-10-15-7-2-3-8-25-15)17(22)20-18-19-16(11-27-18)13-5-4-6-14(9-13)21(23)24/h4-6,9,11-12,15H,2-3,7-8,10H2,1H3,(H,19,20,22). The number of nitrogens with one attached hydrogen (secondary N) is 1. The number of anilines is 1. The number of hydrogen-bond donors (Lipinski definition) is 1. The summed E-state index contributed by atoms with van der Waals surface area (Å²) in [7, 11) is 0. The van der Waals surface area contributed by atoms with E-state index >= 15 is 0 Å². The molecule has 0 saturated carbocycles. The van der Waals surface area contributed by atoms with Crippen molar-refractivity contribution in [2.75, 3.05) is 18.5 Å². The highest BCUT2D eigenvalue weighted by atomic mass is 32.1. The Balaban J connectivity index is 1.55. The van der Waals surface area contributed by atoms with Crippen molar-refractivity contribution in [3.63, 3.8) is 0 Å². The average molecular weight is 391 g/mol. The first-order chi connectivity index (χ1) is 13.0. The third-order valence-electron chi connectivity index (χ3n) is 4.26. The summed E-state index contributed by atoms with van der Waals surface area (Å²) in [6.07, 6.45) is 2.57. The highest BCUT2D eigenvalue weighted by molar-refractivity contribution is 7.14. The molecule has 1 N–H and O–H groups in total. The number of benzene rings is 1. The van der Waals surface area contributed by atoms with E-state index in [2.05, 4.69) is 10.3 Å². The zero-order chi connectivity index (χ0) is 19.2. The van der Waals surface area contributed by atoms with Crippen LogP contribution in [-0.2, 0) is 14.3 Å². The molecule has 9 heteroatoms. The fourth-order valence-corrected chi connectivity index (χ4v) is 3.44. The summed E-state index contributed by atoms with van der Waals surface area (Å²) in [5.74, 6) is -0.286. The number of hydrogen-bond acceptors (Lipinski definition) is 7. The molecule has 2 aromatic rings. The van der Waals surface area contributed by atoms with E-state index in [1.165, 1.54) is 23.5 Å². The van der Waals surface area contributed by atoms with Crippen LogP contribution in [-0.4, -0.2) is 41.2 Å². The Morgan fingerprint density at radius 2 is 2.37 bits per heavy atom. The summed E-state index contributed by atoms with van der Waals surface area (Å²) in [6.45, 7) is 2.83. The number of thiazole rings is 1. The van der Waals surface area contributed by atoms with E-state index < -0.39 is 11.0 Å². The molecule has 2 unspecified atom stereocenters. The summed E-state index contributed by atoms with van der Waals surface area (Å²) >= 11 is 1.26. The SMILES string of the molecule is CC(OCC1CCCCO1)C(=O)Nc1nc(-c2cccc([N+](=O)[O-])c2)cs1. The lowest BCUT2D eigenvalue weighted by Gasteiger charge is -2.23. The van der Waals surface area contributed by atoms with E-state index in [0.29, 0.717) is 23.0 Å². The molecule has 1 aromatic heterocycles. The summed E-state index contributed by atoms with van der Waals surface area (Å²) < 4.78 is 11.2. The van der Waals surface area contributed by atoms with Gasteiger partial charge in [0.2, 0.25) is 0 Å². The molecule has 0 spiro atoms. The topological polar surface area (TPSA) is 104 Å². The molecule has 27 heavy (non-hydrogen) atoms. The third-order valence-corrected chi connectivity index (χ3v) is 5.02. The molecular formula is C18H21N3O5S. The highest BCUT2D eigenvalue weighted by Crippen LogP contribution is 2.27. The van der Waals surface area contributed by atoms with Crippen LogP contribution in [0.1, 0.15) is 26.2 Å². The van der Waals surface area contributed by atoms with Crippen molar-refractivity contribution in [2.45, 2.75) is 38.4 Å². The van der Waals surface area contributed by atoms with Crippen LogP contribution < -0.4 is 5.32 Å². The minimum atomic E-state index is -0.624. The molecule has 1 aliphatic rings. The Bertz CT molecular complexity index is 804. The number of rotatable bonds is 7. The minimum Gasteiger partial charge on any atom is -0.376 e. The molecule has 1 saturated heterocycles. The maximum absolute atomic E-state index is 12.3. The average Bonchev–Trinajstić information content (AvgIpc) is 3.15. The van der Waals surface area contributed by atoms with Gasteiger partial charge in [-0.3, -0.25) is 20.2 Å². The number of amides is 1. The molecule has 1 aromatic carbocycles. The van der Waals surface area contributed by atoms with Crippen molar-refractivity contribution in [3.8, 4) is 11.3 Å². The van der Waals surface area contributed by atoms with Crippen LogP contribution in [0.4, 0.5) is 10.8 Å². The monoisotopic (exact) mass is 391 g/mol. The number of nitrogens with zero attached hydrogens (tertiary/aromatic N) is 2. The van der Waals surface area contributed by atoms with Gasteiger partial charge in [0.15, 0.2) is 5.13 Å². The minimum absolute atomic E-state index is 0.00182. The number of aromatic nitrogens is 1. The maximum atomic E-state index is 12.3. The fraction of sp³-hybridized carbons (Fsp3) is 0.444. The summed E-state index contributed by atoms with van der Waals surface area (Å²) in [4.78, 5) is 27.1. The van der Waals surface area contributed by atoms with Gasteiger partial charge in [-0.15, -0.1) is 11.3 Å². The smallest absolute Gasteiger partial charge is 0.270 e. The number of ether oxygens (including phenoxy) is 2. The number of non-ortho nitro benzene ring substituents is 1. The van der Waals surface area contributed by atoms with Crippen LogP contribution in [0.25, 0.3) is 11.3 Å². The van der Waals surface area contributed by atoms with E-state index in [1.807, 2.05) is 0 Å². The van der Waals surface area contributed by atoms with Crippen LogP contribution in [0.5, 0.6) is 0 Å². The molecule has 3 rings (SSSR count). The first kappa shape index (κ1) is 19.4. The number of carbonyl (C=O) groups excluding carboxylic acids is 1. The lowest BCUT2D eigenvalue weighted by molar-refractivity contribution is -0.384. The van der Waals surface area contributed by atoms with Crippen molar-refractivity contribution in [1.82, 2.24) is 4.98 Å². The van der Waals surface area contributed by atoms with Crippen molar-refractivity contribution in [3.05, 3.63) is 39.8 Å². The van der Waals surface area contributed by atoms with Crippen LogP contribution in [0, 0.1) is 10.1 Å². The van der Waals surface area contributed by atoms with E-state index in [9.17, 15) is 14.9 Å². The van der Waals surface area contributed by atoms with Crippen molar-refractivity contribution < 1.29 is 19.2 Å². The fourth-order valence-electron chi connectivity index (χ4n) is 2.72. The molecule has 2 atom stereocenters. The molecule has 1 amide bonds. The van der Waals surface area contributed by atoms with Crippen LogP contribution >= 0.6 is 11.3 Å². The Labute approximate surface area is 160 Å². The van der Waals surface area contributed by atoms with Gasteiger partial charge in [-0.2, -0.15) is 0 Å². The third kappa shape index (κ3) is 5.31. The zero-order valence-electron chi connectivity index (χ0n) is 14.9. The van der Waals surface area contributed by atoms with Gasteiger partial charge in [0.05, 0.1) is 23.3 Å². The van der Waals surface area contributed by atoms with Crippen molar-refractivity contribution in [2.24, 2.45) is 0 Å². The summed E-state index contributed by atoms with van der Waals surface area (Å²) in [5.41, 5.74) is 1.20. The Morgan fingerprint density at radius 3 is 3.11 bits per heavy atom. The predicted molar refractivity (Wildman–Crippen MR) is 102 cm³/mol. The Morgan fingerprint density at radius 1 is 1.52 bits per heavy atom. The van der Waals surface area contributed by atoms with E-state index in [0.717, 1.165) is 25.9 Å². The lowest BCUT2D eigenvalue weighted by atomic mass is 10.1. The maximum Gasteiger partial charge on any atom is 0.270 e. The quantitative estimate of drug-likeness (QED) is 0.571. The van der Waals surface area contributed by atoms with Gasteiger partial charge < -0.3 is 9.47 Å². The van der Waals surface area contributed by atoms with Crippen molar-refractivity contribution >= 4 is 28.1 Å². The van der Waals surface area contributed by atoms with Crippen LogP contribution in [0.3, 0.4) is 0 Å². The van der Waals surface area contributed by atoms with Gasteiger partial charge in [-0.25, -0.2) is 4.98 Å². The van der Waals surface area contributed by atoms with Gasteiger partial charge in [0.1, 0.15) is 6.10 Å². The number of nitro groups is 1. The summed E-state index contributed by atoms with van der Waals surface area (Å²) in [5, 5.41) is 15.8. The van der Waals surface area contributed by atoms with Crippen molar-refractivity contribution in [1.29, 1.82) is 0 Å². The molecule has 1 fully saturated rings. The van der Waals surface area contributed by atoms with E-state index in [-0.39, 0.29) is 17.7 Å². The lowest BCUT2D eigenvalue weighted by Crippen LogP contribution is -2.32. The molecular weight excluding hydrogens is 370 g/mol. The zero-order valence-corrected chi connectivity index (χ0v) is 15.7. The second kappa shape index (κ2) is 9.03. The van der Waals surface area contributed by atoms with Gasteiger partial charge in [-0.05, 0) is 26.2 Å². The second-order valence-corrected chi connectivity index (χ2v) is 7.16. The predicted octanol–water partition coefficient (Wildman–Crippen LogP) is 3.63. The Hall–Kier alpha value is -2.36. The number of carbonyl (C=O) groups is 1. The van der Waals surface area contributed by atoms with E-state index in [4.69, 9.17) is 9.47 Å². The molecule has 0 radical (unpaired) electrons. The van der Waals surface area contributed by atoms with Gasteiger partial charge in [-0.1, -0.05) is 12.1 Å². The van der Waals surface area contributed by atoms with Gasteiger partial charge >= 0.3 is 0 Å². The second-order valence-electron chi connectivity index (χ2n) is 6.30. The van der Waals surface area contributed by atoms with Crippen LogP contribution in [0.2, 0.25) is 0 Å². The first-order valence-corrected chi connectivity index (χ1v) is 9.65. The van der Waals surface area contributed by atoms with Gasteiger partial charge in [0.25, 0.3) is 11.6 Å². The molecule has 0 bridgehead atoms. The van der Waals surface area contributed by atoms with Gasteiger partial charge in [0, 0.05) is 29.7 Å². The normalized spacial score (nSPS) is 18.0. The largest absolute Gasteiger partial charge is 0.376 e. The molecule has 144 valence electrons. The Kier molecular flexibility index (Phi) is 6.49. The molecule has 0 aliphatic carbocycles. The van der Waals surface area contributed by atoms with Crippen LogP contribution in [0.15, 0.2) is 29.6 Å². The first-order valence-electron chi connectivity index (χ1n) is 8.77. The summed E-state index contributed by atoms with van der Waals surface area (Å²) in [6, 6.07) is 6.22. The molecule has 1 aliphatic heterocycles. The van der Waals surface area contributed by atoms with E-state index in [1.54, 1.807) is 24.4 Å². The molecule has 8 nitrogen and oxygen atoms in total.